The van der Waals surface area contributed by atoms with E-state index >= 15 is 0 Å². The van der Waals surface area contributed by atoms with E-state index in [2.05, 4.69) is 6.92 Å². The molecule has 1 aliphatic heterocycles. The fourth-order valence-electron chi connectivity index (χ4n) is 3.33. The van der Waals surface area contributed by atoms with E-state index in [0.29, 0.717) is 12.3 Å². The number of hydrogen-bond acceptors (Lipinski definition) is 4. The number of unbranched alkanes of at least 4 members (excludes halogenated alkanes) is 1. The van der Waals surface area contributed by atoms with E-state index in [4.69, 9.17) is 9.84 Å². The van der Waals surface area contributed by atoms with Crippen molar-refractivity contribution in [3.05, 3.63) is 23.3 Å². The number of carboxylic acid groups (broad SMARTS) is 1. The number of aliphatic hydroxyl groups excluding tert-OH is 1. The van der Waals surface area contributed by atoms with Crippen LogP contribution in [0.5, 0.6) is 0 Å². The van der Waals surface area contributed by atoms with Gasteiger partial charge in [0.05, 0.1) is 12.0 Å². The zero-order valence-electron chi connectivity index (χ0n) is 15.8. The van der Waals surface area contributed by atoms with Gasteiger partial charge < -0.3 is 14.9 Å². The second-order valence-electron chi connectivity index (χ2n) is 7.46. The second-order valence-corrected chi connectivity index (χ2v) is 7.46. The van der Waals surface area contributed by atoms with Crippen LogP contribution in [0.25, 0.3) is 0 Å². The van der Waals surface area contributed by atoms with Crippen LogP contribution in [0.1, 0.15) is 66.2 Å². The number of ether oxygens (including phenoxy) is 1. The van der Waals surface area contributed by atoms with Crippen LogP contribution in [0.3, 0.4) is 0 Å². The average molecular weight is 352 g/mol. The molecule has 1 unspecified atom stereocenters. The number of aliphatic hydroxyl groups is 1. The highest BCUT2D eigenvalue weighted by atomic mass is 16.5. The minimum Gasteiger partial charge on any atom is -0.478 e. The highest BCUT2D eigenvalue weighted by molar-refractivity contribution is 5.81. The van der Waals surface area contributed by atoms with Crippen LogP contribution in [-0.2, 0) is 14.3 Å². The van der Waals surface area contributed by atoms with E-state index in [0.717, 1.165) is 37.7 Å². The third-order valence-corrected chi connectivity index (χ3v) is 4.70. The van der Waals surface area contributed by atoms with Crippen molar-refractivity contribution < 1.29 is 24.5 Å². The van der Waals surface area contributed by atoms with Crippen molar-refractivity contribution >= 4 is 11.9 Å². The zero-order valence-corrected chi connectivity index (χ0v) is 15.8. The SMILES string of the molecule is CC(=C\C(=O)O)/C=C(\C)CC(C)CCCC[C@H]1C[C@@H](O)[C@H](C)C(=O)O1. The molecular weight excluding hydrogens is 320 g/mol. The molecule has 0 aliphatic carbocycles. The van der Waals surface area contributed by atoms with Crippen molar-refractivity contribution in [2.75, 3.05) is 0 Å². The molecule has 0 aromatic carbocycles. The molecule has 1 heterocycles. The van der Waals surface area contributed by atoms with Crippen molar-refractivity contribution in [1.29, 1.82) is 0 Å². The quantitative estimate of drug-likeness (QED) is 0.285. The summed E-state index contributed by atoms with van der Waals surface area (Å²) in [4.78, 5) is 22.2. The van der Waals surface area contributed by atoms with E-state index < -0.39 is 18.0 Å². The van der Waals surface area contributed by atoms with Crippen LogP contribution in [0, 0.1) is 11.8 Å². The molecule has 5 nitrogen and oxygen atoms in total. The van der Waals surface area contributed by atoms with Crippen LogP contribution in [0.15, 0.2) is 23.3 Å². The lowest BCUT2D eigenvalue weighted by Crippen LogP contribution is -2.39. The lowest BCUT2D eigenvalue weighted by molar-refractivity contribution is -0.169. The molecule has 1 rings (SSSR count). The summed E-state index contributed by atoms with van der Waals surface area (Å²) in [6.45, 7) is 7.72. The van der Waals surface area contributed by atoms with Gasteiger partial charge in [-0.25, -0.2) is 4.79 Å². The van der Waals surface area contributed by atoms with Crippen molar-refractivity contribution in [2.45, 2.75) is 78.4 Å². The molecule has 2 N–H and O–H groups in total. The molecule has 1 aliphatic rings. The molecule has 0 radical (unpaired) electrons. The second kappa shape index (κ2) is 10.4. The summed E-state index contributed by atoms with van der Waals surface area (Å²) in [6.07, 6.45) is 7.80. The van der Waals surface area contributed by atoms with Crippen LogP contribution >= 0.6 is 0 Å². The van der Waals surface area contributed by atoms with Gasteiger partial charge in [-0.2, -0.15) is 0 Å². The van der Waals surface area contributed by atoms with Gasteiger partial charge in [-0.15, -0.1) is 0 Å². The highest BCUT2D eigenvalue weighted by Gasteiger charge is 2.33. The monoisotopic (exact) mass is 352 g/mol. The summed E-state index contributed by atoms with van der Waals surface area (Å²) in [6, 6.07) is 0. The number of carboxylic acids is 1. The average Bonchev–Trinajstić information content (AvgIpc) is 2.47. The summed E-state index contributed by atoms with van der Waals surface area (Å²) in [5.74, 6) is -1.10. The molecule has 1 saturated heterocycles. The number of cyclic esters (lactones) is 1. The molecule has 0 amide bonds. The standard InChI is InChI=1S/C20H32O5/c1-13(9-14(2)10-15(3)11-19(22)23)7-5-6-8-17-12-18(21)16(4)20(24)25-17/h10-11,13,16-18,21H,5-9,12H2,1-4H3,(H,22,23)/b14-10+,15-11+/t13?,16-,17-,18+/m0/s1. The van der Waals surface area contributed by atoms with E-state index in [-0.39, 0.29) is 12.1 Å². The predicted octanol–water partition coefficient (Wildman–Crippen LogP) is 3.86. The first-order chi connectivity index (χ1) is 11.7. The molecule has 1 fully saturated rings. The Hall–Kier alpha value is -1.62. The van der Waals surface area contributed by atoms with Gasteiger partial charge >= 0.3 is 11.9 Å². The van der Waals surface area contributed by atoms with Gasteiger partial charge in [0.25, 0.3) is 0 Å². The van der Waals surface area contributed by atoms with Crippen molar-refractivity contribution in [3.63, 3.8) is 0 Å². The minimum atomic E-state index is -0.919. The maximum absolute atomic E-state index is 11.6. The molecule has 0 spiro atoms. The van der Waals surface area contributed by atoms with E-state index in [1.165, 1.54) is 11.6 Å². The fourth-order valence-corrected chi connectivity index (χ4v) is 3.33. The van der Waals surface area contributed by atoms with Gasteiger partial charge in [-0.1, -0.05) is 31.4 Å². The number of aliphatic carboxylic acids is 1. The van der Waals surface area contributed by atoms with Crippen LogP contribution in [-0.4, -0.2) is 34.4 Å². The first-order valence-electron chi connectivity index (χ1n) is 9.16. The molecule has 4 atom stereocenters. The number of hydrogen-bond donors (Lipinski definition) is 2. The Morgan fingerprint density at radius 3 is 2.60 bits per heavy atom. The number of carbonyl (C=O) groups is 2. The fraction of sp³-hybridized carbons (Fsp3) is 0.700. The van der Waals surface area contributed by atoms with Gasteiger partial charge in [-0.05, 0) is 51.5 Å². The smallest absolute Gasteiger partial charge is 0.328 e. The molecule has 0 aromatic rings. The van der Waals surface area contributed by atoms with Crippen molar-refractivity contribution in [2.24, 2.45) is 11.8 Å². The molecule has 142 valence electrons. The third-order valence-electron chi connectivity index (χ3n) is 4.70. The number of rotatable bonds is 9. The van der Waals surface area contributed by atoms with Gasteiger partial charge in [0.1, 0.15) is 6.10 Å². The van der Waals surface area contributed by atoms with Crippen molar-refractivity contribution in [3.8, 4) is 0 Å². The highest BCUT2D eigenvalue weighted by Crippen LogP contribution is 2.25. The molecule has 0 bridgehead atoms. The normalized spacial score (nSPS) is 26.3. The molecule has 0 saturated carbocycles. The molecule has 0 aromatic heterocycles. The zero-order chi connectivity index (χ0) is 19.0. The Balaban J connectivity index is 2.26. The number of esters is 1. The summed E-state index contributed by atoms with van der Waals surface area (Å²) in [5.41, 5.74) is 1.94. The molecule has 5 heteroatoms. The van der Waals surface area contributed by atoms with Gasteiger partial charge in [0, 0.05) is 12.5 Å². The van der Waals surface area contributed by atoms with Crippen LogP contribution < -0.4 is 0 Å². The summed E-state index contributed by atoms with van der Waals surface area (Å²) in [7, 11) is 0. The molecule has 25 heavy (non-hydrogen) atoms. The Labute approximate surface area is 150 Å². The maximum atomic E-state index is 11.6. The largest absolute Gasteiger partial charge is 0.478 e. The third kappa shape index (κ3) is 8.34. The van der Waals surface area contributed by atoms with E-state index in [1.54, 1.807) is 13.8 Å². The first kappa shape index (κ1) is 21.4. The number of carbonyl (C=O) groups excluding carboxylic acids is 1. The summed E-state index contributed by atoms with van der Waals surface area (Å²) < 4.78 is 5.35. The first-order valence-corrected chi connectivity index (χ1v) is 9.16. The summed E-state index contributed by atoms with van der Waals surface area (Å²) >= 11 is 0. The van der Waals surface area contributed by atoms with Gasteiger partial charge in [-0.3, -0.25) is 4.79 Å². The minimum absolute atomic E-state index is 0.153. The van der Waals surface area contributed by atoms with E-state index in [1.807, 2.05) is 13.0 Å². The van der Waals surface area contributed by atoms with E-state index in [9.17, 15) is 14.7 Å². The Morgan fingerprint density at radius 2 is 2.00 bits per heavy atom. The van der Waals surface area contributed by atoms with Gasteiger partial charge in [0.2, 0.25) is 0 Å². The van der Waals surface area contributed by atoms with Gasteiger partial charge in [0.15, 0.2) is 0 Å². The maximum Gasteiger partial charge on any atom is 0.328 e. The lowest BCUT2D eigenvalue weighted by Gasteiger charge is -2.30. The predicted molar refractivity (Wildman–Crippen MR) is 97.1 cm³/mol. The molecular formula is C20H32O5. The Morgan fingerprint density at radius 1 is 1.32 bits per heavy atom. The lowest BCUT2D eigenvalue weighted by atomic mass is 9.92. The topological polar surface area (TPSA) is 83.8 Å². The Bertz CT molecular complexity index is 520. The van der Waals surface area contributed by atoms with Crippen LogP contribution in [0.4, 0.5) is 0 Å². The van der Waals surface area contributed by atoms with Crippen LogP contribution in [0.2, 0.25) is 0 Å². The Kier molecular flexibility index (Phi) is 8.90. The van der Waals surface area contributed by atoms with Crippen molar-refractivity contribution in [1.82, 2.24) is 0 Å². The summed E-state index contributed by atoms with van der Waals surface area (Å²) in [5, 5.41) is 18.6. The number of allylic oxidation sites excluding steroid dienone is 3.